The molecule has 1 rings (SSSR count). The maximum absolute atomic E-state index is 10.6. The summed E-state index contributed by atoms with van der Waals surface area (Å²) in [7, 11) is 0. The van der Waals surface area contributed by atoms with Gasteiger partial charge in [-0.3, -0.25) is 4.79 Å². The Morgan fingerprint density at radius 2 is 2.44 bits per heavy atom. The molecule has 0 spiro atoms. The summed E-state index contributed by atoms with van der Waals surface area (Å²) in [6, 6.07) is 0. The van der Waals surface area contributed by atoms with Gasteiger partial charge in [-0.05, 0) is 12.8 Å². The van der Waals surface area contributed by atoms with E-state index in [0.29, 0.717) is 5.92 Å². The van der Waals surface area contributed by atoms with Crippen molar-refractivity contribution in [2.45, 2.75) is 13.8 Å². The Balaban J connectivity index is 2.72. The van der Waals surface area contributed by atoms with Crippen molar-refractivity contribution in [3.63, 3.8) is 0 Å². The van der Waals surface area contributed by atoms with Crippen LogP contribution >= 0.6 is 0 Å². The van der Waals surface area contributed by atoms with Crippen LogP contribution in [0, 0.1) is 5.92 Å². The predicted molar refractivity (Wildman–Crippen MR) is 35.9 cm³/mol. The lowest BCUT2D eigenvalue weighted by Crippen LogP contribution is -2.31. The number of hydrogen-bond donors (Lipinski definition) is 1. The molecule has 0 aromatic carbocycles. The quantitative estimate of drug-likeness (QED) is 0.507. The van der Waals surface area contributed by atoms with Crippen molar-refractivity contribution in [3.05, 3.63) is 11.6 Å². The van der Waals surface area contributed by atoms with Crippen LogP contribution in [0.15, 0.2) is 11.6 Å². The molecule has 50 valence electrons. The molecule has 0 aliphatic carbocycles. The second-order valence-electron chi connectivity index (χ2n) is 2.53. The molecule has 1 unspecified atom stereocenters. The Hall–Kier alpha value is -0.790. The summed E-state index contributed by atoms with van der Waals surface area (Å²) in [5, 5.41) is 2.75. The van der Waals surface area contributed by atoms with Crippen LogP contribution in [0.2, 0.25) is 0 Å². The molecule has 1 heterocycles. The molecular formula is C7H11NO. The third-order valence-corrected chi connectivity index (χ3v) is 1.72. The van der Waals surface area contributed by atoms with E-state index in [4.69, 9.17) is 0 Å². The highest BCUT2D eigenvalue weighted by molar-refractivity contribution is 5.89. The minimum atomic E-state index is 0.0469. The first-order valence-corrected chi connectivity index (χ1v) is 3.16. The first kappa shape index (κ1) is 6.33. The highest BCUT2D eigenvalue weighted by Gasteiger charge is 2.11. The zero-order valence-corrected chi connectivity index (χ0v) is 5.77. The van der Waals surface area contributed by atoms with Crippen LogP contribution in [0.5, 0.6) is 0 Å². The van der Waals surface area contributed by atoms with E-state index >= 15 is 0 Å². The van der Waals surface area contributed by atoms with Gasteiger partial charge in [0, 0.05) is 12.6 Å². The maximum atomic E-state index is 10.6. The summed E-state index contributed by atoms with van der Waals surface area (Å²) in [6.07, 6.45) is 1.66. The highest BCUT2D eigenvalue weighted by Crippen LogP contribution is 2.10. The molecule has 0 aromatic heterocycles. The Bertz CT molecular complexity index is 160. The van der Waals surface area contributed by atoms with Crippen molar-refractivity contribution < 1.29 is 4.79 Å². The fourth-order valence-electron chi connectivity index (χ4n) is 0.815. The van der Waals surface area contributed by atoms with Gasteiger partial charge in [-0.25, -0.2) is 0 Å². The molecule has 1 N–H and O–H groups in total. The zero-order valence-electron chi connectivity index (χ0n) is 5.77. The predicted octanol–water partition coefficient (Wildman–Crippen LogP) is 0.699. The lowest BCUT2D eigenvalue weighted by atomic mass is 10.00. The van der Waals surface area contributed by atoms with Crippen molar-refractivity contribution in [1.82, 2.24) is 5.32 Å². The van der Waals surface area contributed by atoms with E-state index in [0.717, 1.165) is 6.54 Å². The average molecular weight is 125 g/mol. The number of amides is 1. The molecule has 0 bridgehead atoms. The van der Waals surface area contributed by atoms with Crippen molar-refractivity contribution in [1.29, 1.82) is 0 Å². The minimum Gasteiger partial charge on any atom is -0.352 e. The van der Waals surface area contributed by atoms with Gasteiger partial charge in [0.05, 0.1) is 0 Å². The van der Waals surface area contributed by atoms with Gasteiger partial charge in [0.1, 0.15) is 0 Å². The molecule has 0 fully saturated rings. The SMILES string of the molecule is CC1=CC(=O)NCC1C. The molecule has 2 heteroatoms. The van der Waals surface area contributed by atoms with E-state index in [1.165, 1.54) is 5.57 Å². The maximum Gasteiger partial charge on any atom is 0.243 e. The molecule has 1 amide bonds. The summed E-state index contributed by atoms with van der Waals surface area (Å²) >= 11 is 0. The van der Waals surface area contributed by atoms with Gasteiger partial charge in [-0.15, -0.1) is 0 Å². The topological polar surface area (TPSA) is 29.1 Å². The van der Waals surface area contributed by atoms with Gasteiger partial charge in [0.15, 0.2) is 0 Å². The lowest BCUT2D eigenvalue weighted by molar-refractivity contribution is -0.117. The van der Waals surface area contributed by atoms with Crippen LogP contribution in [0.3, 0.4) is 0 Å². The highest BCUT2D eigenvalue weighted by atomic mass is 16.1. The monoisotopic (exact) mass is 125 g/mol. The molecule has 1 atom stereocenters. The molecule has 1 aliphatic heterocycles. The van der Waals surface area contributed by atoms with Gasteiger partial charge in [0.2, 0.25) is 5.91 Å². The van der Waals surface area contributed by atoms with E-state index in [1.807, 2.05) is 6.92 Å². The minimum absolute atomic E-state index is 0.0469. The first-order valence-electron chi connectivity index (χ1n) is 3.16. The second kappa shape index (κ2) is 2.21. The van der Waals surface area contributed by atoms with Gasteiger partial charge < -0.3 is 5.32 Å². The van der Waals surface area contributed by atoms with E-state index in [2.05, 4.69) is 12.2 Å². The molecule has 0 saturated carbocycles. The van der Waals surface area contributed by atoms with Crippen molar-refractivity contribution >= 4 is 5.91 Å². The van der Waals surface area contributed by atoms with Crippen LogP contribution in [0.4, 0.5) is 0 Å². The molecule has 9 heavy (non-hydrogen) atoms. The van der Waals surface area contributed by atoms with Gasteiger partial charge in [-0.1, -0.05) is 12.5 Å². The first-order chi connectivity index (χ1) is 4.20. The van der Waals surface area contributed by atoms with E-state index in [1.54, 1.807) is 6.08 Å². The number of hydrogen-bond acceptors (Lipinski definition) is 1. The molecular weight excluding hydrogens is 114 g/mol. The van der Waals surface area contributed by atoms with Crippen molar-refractivity contribution in [2.24, 2.45) is 5.92 Å². The summed E-state index contributed by atoms with van der Waals surface area (Å²) in [5.41, 5.74) is 1.18. The molecule has 0 radical (unpaired) electrons. The van der Waals surface area contributed by atoms with Gasteiger partial charge in [-0.2, -0.15) is 0 Å². The third kappa shape index (κ3) is 1.31. The van der Waals surface area contributed by atoms with Crippen LogP contribution < -0.4 is 5.32 Å². The Labute approximate surface area is 54.9 Å². The summed E-state index contributed by atoms with van der Waals surface area (Å²) in [4.78, 5) is 10.6. The second-order valence-corrected chi connectivity index (χ2v) is 2.53. The van der Waals surface area contributed by atoms with Crippen molar-refractivity contribution in [2.75, 3.05) is 6.54 Å². The summed E-state index contributed by atoms with van der Waals surface area (Å²) in [6.45, 7) is 4.88. The van der Waals surface area contributed by atoms with Gasteiger partial charge in [0.25, 0.3) is 0 Å². The fraction of sp³-hybridized carbons (Fsp3) is 0.571. The van der Waals surface area contributed by atoms with Crippen LogP contribution in [0.25, 0.3) is 0 Å². The zero-order chi connectivity index (χ0) is 6.85. The Morgan fingerprint density at radius 1 is 1.78 bits per heavy atom. The lowest BCUT2D eigenvalue weighted by Gasteiger charge is -2.17. The number of nitrogens with one attached hydrogen (secondary N) is 1. The van der Waals surface area contributed by atoms with Crippen LogP contribution in [0.1, 0.15) is 13.8 Å². The van der Waals surface area contributed by atoms with Gasteiger partial charge >= 0.3 is 0 Å². The molecule has 2 nitrogen and oxygen atoms in total. The third-order valence-electron chi connectivity index (χ3n) is 1.72. The van der Waals surface area contributed by atoms with Crippen LogP contribution in [-0.2, 0) is 4.79 Å². The summed E-state index contributed by atoms with van der Waals surface area (Å²) in [5.74, 6) is 0.563. The Kier molecular flexibility index (Phi) is 1.56. The molecule has 0 aromatic rings. The van der Waals surface area contributed by atoms with E-state index in [9.17, 15) is 4.79 Å². The van der Waals surface area contributed by atoms with Crippen molar-refractivity contribution in [3.8, 4) is 0 Å². The normalized spacial score (nSPS) is 27.1. The largest absolute Gasteiger partial charge is 0.352 e. The Morgan fingerprint density at radius 3 is 2.89 bits per heavy atom. The van der Waals surface area contributed by atoms with Crippen LogP contribution in [-0.4, -0.2) is 12.5 Å². The number of rotatable bonds is 0. The smallest absolute Gasteiger partial charge is 0.243 e. The standard InChI is InChI=1S/C7H11NO/c1-5-3-7(9)8-4-6(5)2/h3,6H,4H2,1-2H3,(H,8,9). The molecule has 0 saturated heterocycles. The fourth-order valence-corrected chi connectivity index (χ4v) is 0.815. The number of carbonyl (C=O) groups is 1. The van der Waals surface area contributed by atoms with E-state index < -0.39 is 0 Å². The van der Waals surface area contributed by atoms with E-state index in [-0.39, 0.29) is 5.91 Å². The number of carbonyl (C=O) groups excluding carboxylic acids is 1. The average Bonchev–Trinajstić information content (AvgIpc) is 1.80. The summed E-state index contributed by atoms with van der Waals surface area (Å²) < 4.78 is 0. The molecule has 1 aliphatic rings.